The maximum absolute atomic E-state index is 12.4. The van der Waals surface area contributed by atoms with E-state index in [4.69, 9.17) is 0 Å². The number of likely N-dealkylation sites (tertiary alicyclic amines) is 1. The molecule has 1 heterocycles. The Morgan fingerprint density at radius 2 is 1.83 bits per heavy atom. The van der Waals surface area contributed by atoms with Gasteiger partial charge in [0.05, 0.1) is 19.6 Å². The highest BCUT2D eigenvalue weighted by atomic mass is 127. The van der Waals surface area contributed by atoms with Gasteiger partial charge in [-0.25, -0.2) is 0 Å². The van der Waals surface area contributed by atoms with Crippen molar-refractivity contribution in [3.05, 3.63) is 69.3 Å². The molecule has 23 heavy (non-hydrogen) atoms. The minimum atomic E-state index is 0.0167. The first kappa shape index (κ1) is 16.5. The summed E-state index contributed by atoms with van der Waals surface area (Å²) in [5, 5.41) is 3.14. The molecule has 2 N–H and O–H groups in total. The van der Waals surface area contributed by atoms with Gasteiger partial charge in [0.25, 0.3) is 5.91 Å². The quantitative estimate of drug-likeness (QED) is 0.715. The van der Waals surface area contributed by atoms with E-state index in [1.54, 1.807) is 4.90 Å². The topological polar surface area (TPSA) is 33.5 Å². The van der Waals surface area contributed by atoms with E-state index < -0.39 is 0 Å². The number of amides is 1. The zero-order chi connectivity index (χ0) is 16.1. The van der Waals surface area contributed by atoms with E-state index in [2.05, 4.69) is 52.2 Å². The van der Waals surface area contributed by atoms with Gasteiger partial charge in [-0.2, -0.15) is 0 Å². The van der Waals surface area contributed by atoms with Crippen molar-refractivity contribution in [1.29, 1.82) is 0 Å². The van der Waals surface area contributed by atoms with Crippen LogP contribution in [-0.4, -0.2) is 25.5 Å². The summed E-state index contributed by atoms with van der Waals surface area (Å²) in [4.78, 5) is 14.0. The zero-order valence-electron chi connectivity index (χ0n) is 13.1. The highest BCUT2D eigenvalue weighted by Gasteiger charge is 2.27. The summed E-state index contributed by atoms with van der Waals surface area (Å²) in [6.07, 6.45) is 2.56. The SMILES string of the molecule is O=C(NC[C@@H](c1ccccc1)[NH+]1CCCC1)c1cccc(I)c1. The molecule has 0 bridgehead atoms. The van der Waals surface area contributed by atoms with Gasteiger partial charge in [0.1, 0.15) is 6.04 Å². The standard InChI is InChI=1S/C19H21IN2O/c20-17-10-6-9-16(13-17)19(23)21-14-18(22-11-4-5-12-22)15-7-2-1-3-8-15/h1-3,6-10,13,18H,4-5,11-12,14H2,(H,21,23)/p+1/t18-/m0/s1. The van der Waals surface area contributed by atoms with Gasteiger partial charge in [0, 0.05) is 27.5 Å². The summed E-state index contributed by atoms with van der Waals surface area (Å²) in [6, 6.07) is 18.6. The summed E-state index contributed by atoms with van der Waals surface area (Å²) in [7, 11) is 0. The highest BCUT2D eigenvalue weighted by Crippen LogP contribution is 2.12. The molecule has 0 spiro atoms. The lowest BCUT2D eigenvalue weighted by Crippen LogP contribution is -3.11. The Morgan fingerprint density at radius 3 is 2.52 bits per heavy atom. The van der Waals surface area contributed by atoms with Crippen LogP contribution in [0.5, 0.6) is 0 Å². The predicted octanol–water partition coefficient (Wildman–Crippen LogP) is 2.44. The molecule has 2 aromatic carbocycles. The number of rotatable bonds is 5. The Kier molecular flexibility index (Phi) is 5.67. The highest BCUT2D eigenvalue weighted by molar-refractivity contribution is 14.1. The van der Waals surface area contributed by atoms with Crippen LogP contribution in [0.15, 0.2) is 54.6 Å². The molecule has 1 fully saturated rings. The van der Waals surface area contributed by atoms with Crippen molar-refractivity contribution in [3.63, 3.8) is 0 Å². The van der Waals surface area contributed by atoms with Crippen LogP contribution in [0, 0.1) is 3.57 Å². The molecule has 2 aromatic rings. The lowest BCUT2D eigenvalue weighted by atomic mass is 10.1. The van der Waals surface area contributed by atoms with E-state index in [0.29, 0.717) is 12.6 Å². The molecule has 1 aliphatic heterocycles. The Balaban J connectivity index is 1.70. The molecule has 0 radical (unpaired) electrons. The number of carbonyl (C=O) groups is 1. The first-order valence-corrected chi connectivity index (χ1v) is 9.25. The summed E-state index contributed by atoms with van der Waals surface area (Å²) in [5.74, 6) is 0.0167. The summed E-state index contributed by atoms with van der Waals surface area (Å²) >= 11 is 2.24. The number of benzene rings is 2. The van der Waals surface area contributed by atoms with Crippen LogP contribution in [0.1, 0.15) is 34.8 Å². The van der Waals surface area contributed by atoms with Gasteiger partial charge in [0.15, 0.2) is 0 Å². The van der Waals surface area contributed by atoms with Crippen LogP contribution >= 0.6 is 22.6 Å². The average Bonchev–Trinajstić information content (AvgIpc) is 3.10. The Hall–Kier alpha value is -1.40. The van der Waals surface area contributed by atoms with Crippen molar-refractivity contribution in [2.45, 2.75) is 18.9 Å². The largest absolute Gasteiger partial charge is 0.346 e. The fraction of sp³-hybridized carbons (Fsp3) is 0.316. The number of nitrogens with one attached hydrogen (secondary N) is 2. The maximum Gasteiger partial charge on any atom is 0.251 e. The van der Waals surface area contributed by atoms with Crippen LogP contribution < -0.4 is 10.2 Å². The minimum Gasteiger partial charge on any atom is -0.346 e. The third kappa shape index (κ3) is 4.32. The predicted molar refractivity (Wildman–Crippen MR) is 101 cm³/mol. The van der Waals surface area contributed by atoms with Gasteiger partial charge in [-0.1, -0.05) is 36.4 Å². The first-order chi connectivity index (χ1) is 11.2. The van der Waals surface area contributed by atoms with E-state index in [-0.39, 0.29) is 5.91 Å². The molecular formula is C19H22IN2O+. The van der Waals surface area contributed by atoms with Gasteiger partial charge < -0.3 is 10.2 Å². The molecule has 1 atom stereocenters. The van der Waals surface area contributed by atoms with E-state index in [9.17, 15) is 4.79 Å². The maximum atomic E-state index is 12.4. The number of halogens is 1. The van der Waals surface area contributed by atoms with Crippen molar-refractivity contribution in [2.75, 3.05) is 19.6 Å². The van der Waals surface area contributed by atoms with Gasteiger partial charge in [-0.3, -0.25) is 4.79 Å². The third-order valence-electron chi connectivity index (χ3n) is 4.49. The number of carbonyl (C=O) groups excluding carboxylic acids is 1. The molecule has 1 aliphatic rings. The van der Waals surface area contributed by atoms with Crippen LogP contribution in [0.4, 0.5) is 0 Å². The van der Waals surface area contributed by atoms with Crippen LogP contribution in [-0.2, 0) is 0 Å². The normalized spacial score (nSPS) is 16.2. The number of quaternary nitrogens is 1. The fourth-order valence-corrected chi connectivity index (χ4v) is 3.83. The Bertz CT molecular complexity index is 653. The molecule has 0 aliphatic carbocycles. The van der Waals surface area contributed by atoms with Crippen molar-refractivity contribution < 1.29 is 9.69 Å². The summed E-state index contributed by atoms with van der Waals surface area (Å²) in [5.41, 5.74) is 2.05. The Labute approximate surface area is 151 Å². The molecule has 120 valence electrons. The number of hydrogen-bond donors (Lipinski definition) is 2. The Morgan fingerprint density at radius 1 is 1.09 bits per heavy atom. The number of hydrogen-bond acceptors (Lipinski definition) is 1. The lowest BCUT2D eigenvalue weighted by molar-refractivity contribution is -0.918. The monoisotopic (exact) mass is 421 g/mol. The molecule has 0 unspecified atom stereocenters. The van der Waals surface area contributed by atoms with Gasteiger partial charge >= 0.3 is 0 Å². The van der Waals surface area contributed by atoms with Gasteiger partial charge in [0.2, 0.25) is 0 Å². The van der Waals surface area contributed by atoms with Crippen molar-refractivity contribution in [3.8, 4) is 0 Å². The summed E-state index contributed by atoms with van der Waals surface area (Å²) in [6.45, 7) is 3.07. The third-order valence-corrected chi connectivity index (χ3v) is 5.17. The molecule has 0 aromatic heterocycles. The molecule has 0 saturated carbocycles. The average molecular weight is 421 g/mol. The van der Waals surface area contributed by atoms with Crippen LogP contribution in [0.2, 0.25) is 0 Å². The smallest absolute Gasteiger partial charge is 0.251 e. The zero-order valence-corrected chi connectivity index (χ0v) is 15.3. The second kappa shape index (κ2) is 7.93. The van der Waals surface area contributed by atoms with E-state index in [0.717, 1.165) is 9.13 Å². The molecule has 1 saturated heterocycles. The van der Waals surface area contributed by atoms with Crippen LogP contribution in [0.25, 0.3) is 0 Å². The second-order valence-corrected chi connectivity index (χ2v) is 7.29. The van der Waals surface area contributed by atoms with Gasteiger partial charge in [-0.05, 0) is 40.8 Å². The van der Waals surface area contributed by atoms with Crippen molar-refractivity contribution >= 4 is 28.5 Å². The summed E-state index contributed by atoms with van der Waals surface area (Å²) < 4.78 is 1.08. The molecular weight excluding hydrogens is 399 g/mol. The first-order valence-electron chi connectivity index (χ1n) is 8.17. The minimum absolute atomic E-state index is 0.0167. The van der Waals surface area contributed by atoms with Gasteiger partial charge in [-0.15, -0.1) is 0 Å². The van der Waals surface area contributed by atoms with E-state index >= 15 is 0 Å². The van der Waals surface area contributed by atoms with E-state index in [1.807, 2.05) is 30.3 Å². The lowest BCUT2D eigenvalue weighted by Gasteiger charge is -2.25. The van der Waals surface area contributed by atoms with Crippen LogP contribution in [0.3, 0.4) is 0 Å². The molecule has 3 nitrogen and oxygen atoms in total. The molecule has 4 heteroatoms. The molecule has 3 rings (SSSR count). The van der Waals surface area contributed by atoms with Crippen molar-refractivity contribution in [2.24, 2.45) is 0 Å². The fourth-order valence-electron chi connectivity index (χ4n) is 3.29. The van der Waals surface area contributed by atoms with E-state index in [1.165, 1.54) is 31.5 Å². The molecule has 1 amide bonds. The van der Waals surface area contributed by atoms with Crippen molar-refractivity contribution in [1.82, 2.24) is 5.32 Å². The second-order valence-electron chi connectivity index (χ2n) is 6.05.